The lowest BCUT2D eigenvalue weighted by molar-refractivity contribution is 0.0386. The van der Waals surface area contributed by atoms with Gasteiger partial charge in [0.05, 0.1) is 11.6 Å². The Morgan fingerprint density at radius 3 is 3.06 bits per heavy atom. The van der Waals surface area contributed by atoms with Crippen LogP contribution >= 0.6 is 11.6 Å². The van der Waals surface area contributed by atoms with Gasteiger partial charge < -0.3 is 10.1 Å². The highest BCUT2D eigenvalue weighted by Crippen LogP contribution is 2.17. The molecule has 94 valence electrons. The molecule has 4 heteroatoms. The largest absolute Gasteiger partial charge is 0.381 e. The molecule has 0 spiro atoms. The number of hydrogen-bond acceptors (Lipinski definition) is 2. The third-order valence-electron chi connectivity index (χ3n) is 3.19. The minimum atomic E-state index is -0.356. The van der Waals surface area contributed by atoms with Crippen LogP contribution in [-0.2, 0) is 11.3 Å². The van der Waals surface area contributed by atoms with Crippen LogP contribution in [-0.4, -0.2) is 19.3 Å². The lowest BCUT2D eigenvalue weighted by Crippen LogP contribution is -2.40. The molecular formula is C13H17ClFNO. The summed E-state index contributed by atoms with van der Waals surface area (Å²) in [4.78, 5) is 0. The summed E-state index contributed by atoms with van der Waals surface area (Å²) >= 11 is 5.64. The van der Waals surface area contributed by atoms with Crippen molar-refractivity contribution < 1.29 is 9.13 Å². The van der Waals surface area contributed by atoms with Crippen molar-refractivity contribution in [3.8, 4) is 0 Å². The van der Waals surface area contributed by atoms with Crippen molar-refractivity contribution in [1.82, 2.24) is 5.32 Å². The molecule has 0 saturated carbocycles. The molecule has 1 N–H and O–H groups in total. The van der Waals surface area contributed by atoms with Crippen molar-refractivity contribution in [2.75, 3.05) is 13.2 Å². The van der Waals surface area contributed by atoms with E-state index in [0.717, 1.165) is 25.2 Å². The smallest absolute Gasteiger partial charge is 0.142 e. The molecule has 0 amide bonds. The van der Waals surface area contributed by atoms with E-state index in [-0.39, 0.29) is 10.8 Å². The van der Waals surface area contributed by atoms with Gasteiger partial charge in [-0.3, -0.25) is 0 Å². The van der Waals surface area contributed by atoms with Gasteiger partial charge in [-0.1, -0.05) is 24.6 Å². The summed E-state index contributed by atoms with van der Waals surface area (Å²) in [6.45, 7) is 4.44. The molecule has 2 nitrogen and oxygen atoms in total. The van der Waals surface area contributed by atoms with Crippen LogP contribution in [0.1, 0.15) is 18.9 Å². The Labute approximate surface area is 106 Å². The van der Waals surface area contributed by atoms with Crippen molar-refractivity contribution in [1.29, 1.82) is 0 Å². The fourth-order valence-corrected chi connectivity index (χ4v) is 2.20. The van der Waals surface area contributed by atoms with Gasteiger partial charge in [0.25, 0.3) is 0 Å². The molecule has 0 radical (unpaired) electrons. The number of halogens is 2. The maximum absolute atomic E-state index is 13.2. The first-order valence-electron chi connectivity index (χ1n) is 5.92. The van der Waals surface area contributed by atoms with E-state index in [1.165, 1.54) is 6.07 Å². The third-order valence-corrected chi connectivity index (χ3v) is 3.50. The summed E-state index contributed by atoms with van der Waals surface area (Å²) in [7, 11) is 0. The monoisotopic (exact) mass is 257 g/mol. The van der Waals surface area contributed by atoms with Gasteiger partial charge in [-0.05, 0) is 30.0 Å². The van der Waals surface area contributed by atoms with Crippen molar-refractivity contribution >= 4 is 11.6 Å². The molecule has 2 atom stereocenters. The van der Waals surface area contributed by atoms with Crippen molar-refractivity contribution in [3.05, 3.63) is 34.6 Å². The third kappa shape index (κ3) is 3.41. The zero-order valence-corrected chi connectivity index (χ0v) is 10.6. The van der Waals surface area contributed by atoms with Gasteiger partial charge in [0.1, 0.15) is 5.82 Å². The van der Waals surface area contributed by atoms with Crippen LogP contribution < -0.4 is 5.32 Å². The summed E-state index contributed by atoms with van der Waals surface area (Å²) in [5, 5.41) is 3.62. The molecule has 2 unspecified atom stereocenters. The topological polar surface area (TPSA) is 21.3 Å². The SMILES string of the molecule is CC1COCCC1NCc1ccc(Cl)c(F)c1. The lowest BCUT2D eigenvalue weighted by atomic mass is 9.97. The lowest BCUT2D eigenvalue weighted by Gasteiger charge is -2.29. The quantitative estimate of drug-likeness (QED) is 0.899. The molecule has 1 fully saturated rings. The van der Waals surface area contributed by atoms with Crippen LogP contribution in [0.25, 0.3) is 0 Å². The van der Waals surface area contributed by atoms with Gasteiger partial charge in [0, 0.05) is 19.2 Å². The number of hydrogen-bond donors (Lipinski definition) is 1. The van der Waals surface area contributed by atoms with E-state index in [9.17, 15) is 4.39 Å². The molecule has 0 aromatic heterocycles. The molecule has 1 heterocycles. The zero-order valence-electron chi connectivity index (χ0n) is 9.88. The Kier molecular flexibility index (Phi) is 4.37. The van der Waals surface area contributed by atoms with Crippen LogP contribution in [0.4, 0.5) is 4.39 Å². The van der Waals surface area contributed by atoms with Crippen LogP contribution in [0, 0.1) is 11.7 Å². The van der Waals surface area contributed by atoms with Gasteiger partial charge in [-0.15, -0.1) is 0 Å². The van der Waals surface area contributed by atoms with E-state index >= 15 is 0 Å². The Morgan fingerprint density at radius 2 is 2.35 bits per heavy atom. The number of ether oxygens (including phenoxy) is 1. The Balaban J connectivity index is 1.90. The molecule has 1 aliphatic rings. The Morgan fingerprint density at radius 1 is 1.53 bits per heavy atom. The summed E-state index contributed by atoms with van der Waals surface area (Å²) in [6, 6.07) is 5.38. The second-order valence-corrected chi connectivity index (χ2v) is 4.98. The first-order chi connectivity index (χ1) is 8.16. The molecule has 1 aliphatic heterocycles. The Hall–Kier alpha value is -0.640. The van der Waals surface area contributed by atoms with E-state index < -0.39 is 0 Å². The van der Waals surface area contributed by atoms with E-state index in [1.54, 1.807) is 6.07 Å². The molecule has 2 rings (SSSR count). The predicted octanol–water partition coefficient (Wildman–Crippen LogP) is 2.99. The minimum absolute atomic E-state index is 0.174. The summed E-state index contributed by atoms with van der Waals surface area (Å²) in [6.07, 6.45) is 1.01. The van der Waals surface area contributed by atoms with E-state index in [4.69, 9.17) is 16.3 Å². The predicted molar refractivity (Wildman–Crippen MR) is 66.6 cm³/mol. The maximum Gasteiger partial charge on any atom is 0.142 e. The molecule has 0 aliphatic carbocycles. The number of nitrogens with one attached hydrogen (secondary N) is 1. The van der Waals surface area contributed by atoms with Gasteiger partial charge in [0.15, 0.2) is 0 Å². The summed E-state index contributed by atoms with van der Waals surface area (Å²) in [5.74, 6) is 0.145. The Bertz CT molecular complexity index is 386. The highest BCUT2D eigenvalue weighted by molar-refractivity contribution is 6.30. The van der Waals surface area contributed by atoms with Crippen LogP contribution in [0.15, 0.2) is 18.2 Å². The summed E-state index contributed by atoms with van der Waals surface area (Å²) < 4.78 is 18.6. The first-order valence-corrected chi connectivity index (χ1v) is 6.29. The molecule has 17 heavy (non-hydrogen) atoms. The van der Waals surface area contributed by atoms with Crippen molar-refractivity contribution in [2.45, 2.75) is 25.9 Å². The number of benzene rings is 1. The minimum Gasteiger partial charge on any atom is -0.381 e. The molecule has 0 bridgehead atoms. The zero-order chi connectivity index (χ0) is 12.3. The van der Waals surface area contributed by atoms with E-state index in [2.05, 4.69) is 12.2 Å². The molecule has 1 aromatic rings. The summed E-state index contributed by atoms with van der Waals surface area (Å²) in [5.41, 5.74) is 0.922. The molecular weight excluding hydrogens is 241 g/mol. The van der Waals surface area contributed by atoms with Gasteiger partial charge in [-0.2, -0.15) is 0 Å². The van der Waals surface area contributed by atoms with Gasteiger partial charge in [0.2, 0.25) is 0 Å². The second kappa shape index (κ2) is 5.80. The maximum atomic E-state index is 13.2. The van der Waals surface area contributed by atoms with Gasteiger partial charge in [-0.25, -0.2) is 4.39 Å². The van der Waals surface area contributed by atoms with E-state index in [0.29, 0.717) is 18.5 Å². The second-order valence-electron chi connectivity index (χ2n) is 4.58. The fourth-order valence-electron chi connectivity index (χ4n) is 2.08. The van der Waals surface area contributed by atoms with Crippen molar-refractivity contribution in [3.63, 3.8) is 0 Å². The fraction of sp³-hybridized carbons (Fsp3) is 0.538. The number of rotatable bonds is 3. The highest BCUT2D eigenvalue weighted by Gasteiger charge is 2.20. The average molecular weight is 258 g/mol. The highest BCUT2D eigenvalue weighted by atomic mass is 35.5. The van der Waals surface area contributed by atoms with Crippen molar-refractivity contribution in [2.24, 2.45) is 5.92 Å². The average Bonchev–Trinajstić information content (AvgIpc) is 2.32. The van der Waals surface area contributed by atoms with Crippen LogP contribution in [0.3, 0.4) is 0 Å². The van der Waals surface area contributed by atoms with Gasteiger partial charge >= 0.3 is 0 Å². The standard InChI is InChI=1S/C13H17ClFNO/c1-9-8-17-5-4-13(9)16-7-10-2-3-11(14)12(15)6-10/h2-3,6,9,13,16H,4-5,7-8H2,1H3. The first kappa shape index (κ1) is 12.8. The molecule has 1 aromatic carbocycles. The van der Waals surface area contributed by atoms with Crippen LogP contribution in [0.2, 0.25) is 5.02 Å². The normalized spacial score (nSPS) is 24.9. The van der Waals surface area contributed by atoms with Crippen LogP contribution in [0.5, 0.6) is 0 Å². The molecule has 1 saturated heterocycles. The van der Waals surface area contributed by atoms with E-state index in [1.807, 2.05) is 6.07 Å².